The Morgan fingerprint density at radius 3 is 1.57 bits per heavy atom. The van der Waals surface area contributed by atoms with Gasteiger partial charge in [0.2, 0.25) is 0 Å². The Kier molecular flexibility index (Phi) is 10.5. The molecule has 0 aliphatic rings. The lowest BCUT2D eigenvalue weighted by molar-refractivity contribution is -0.140. The first-order chi connectivity index (χ1) is 13.3. The Morgan fingerprint density at radius 2 is 1.25 bits per heavy atom. The van der Waals surface area contributed by atoms with Crippen LogP contribution in [0.4, 0.5) is 0 Å². The number of nitrogens with one attached hydrogen (secondary N) is 2. The van der Waals surface area contributed by atoms with Crippen LogP contribution in [0.3, 0.4) is 0 Å². The van der Waals surface area contributed by atoms with Gasteiger partial charge in [-0.2, -0.15) is 23.5 Å². The van der Waals surface area contributed by atoms with E-state index in [1.54, 1.807) is 0 Å². The number of hydrogen-bond acceptors (Lipinski definition) is 6. The molecular formula is C18H24N2O6S2. The average Bonchev–Trinajstić information content (AvgIpc) is 2.67. The predicted molar refractivity (Wildman–Crippen MR) is 110 cm³/mol. The zero-order chi connectivity index (χ0) is 21.1. The first-order valence-electron chi connectivity index (χ1n) is 8.45. The van der Waals surface area contributed by atoms with E-state index in [2.05, 4.69) is 10.6 Å². The van der Waals surface area contributed by atoms with Gasteiger partial charge < -0.3 is 20.8 Å². The van der Waals surface area contributed by atoms with Crippen LogP contribution in [-0.4, -0.2) is 70.1 Å². The van der Waals surface area contributed by atoms with Crippen molar-refractivity contribution >= 4 is 47.3 Å². The third-order valence-corrected chi connectivity index (χ3v) is 5.10. The van der Waals surface area contributed by atoms with Gasteiger partial charge >= 0.3 is 11.9 Å². The van der Waals surface area contributed by atoms with Crippen molar-refractivity contribution in [1.82, 2.24) is 10.6 Å². The first kappa shape index (κ1) is 23.8. The van der Waals surface area contributed by atoms with Crippen molar-refractivity contribution in [2.45, 2.75) is 24.9 Å². The molecule has 0 spiro atoms. The molecule has 0 bridgehead atoms. The van der Waals surface area contributed by atoms with Gasteiger partial charge in [0.15, 0.2) is 0 Å². The minimum Gasteiger partial charge on any atom is -0.480 e. The summed E-state index contributed by atoms with van der Waals surface area (Å²) in [6.07, 6.45) is 4.23. The van der Waals surface area contributed by atoms with E-state index in [-0.39, 0.29) is 24.0 Å². The molecule has 1 aromatic carbocycles. The molecule has 0 radical (unpaired) electrons. The molecule has 2 amide bonds. The fraction of sp³-hybridized carbons (Fsp3) is 0.444. The Labute approximate surface area is 171 Å². The van der Waals surface area contributed by atoms with Gasteiger partial charge in [-0.25, -0.2) is 9.59 Å². The maximum atomic E-state index is 12.4. The van der Waals surface area contributed by atoms with Gasteiger partial charge in [0, 0.05) is 11.1 Å². The van der Waals surface area contributed by atoms with Crippen molar-refractivity contribution in [2.75, 3.05) is 24.0 Å². The zero-order valence-electron chi connectivity index (χ0n) is 15.6. The quantitative estimate of drug-likeness (QED) is 0.394. The maximum Gasteiger partial charge on any atom is 0.326 e. The Balaban J connectivity index is 2.86. The third-order valence-electron chi connectivity index (χ3n) is 3.82. The van der Waals surface area contributed by atoms with Crippen LogP contribution in [0.1, 0.15) is 33.6 Å². The molecule has 0 saturated heterocycles. The lowest BCUT2D eigenvalue weighted by Crippen LogP contribution is -2.42. The van der Waals surface area contributed by atoms with E-state index in [9.17, 15) is 29.4 Å². The summed E-state index contributed by atoms with van der Waals surface area (Å²) in [5.41, 5.74) is 0.248. The molecular weight excluding hydrogens is 404 g/mol. The lowest BCUT2D eigenvalue weighted by Gasteiger charge is -2.15. The van der Waals surface area contributed by atoms with Crippen molar-refractivity contribution in [3.05, 3.63) is 35.4 Å². The fourth-order valence-electron chi connectivity index (χ4n) is 2.27. The molecule has 1 rings (SSSR count). The molecule has 10 heteroatoms. The summed E-state index contributed by atoms with van der Waals surface area (Å²) in [6.45, 7) is 0. The number of carbonyl (C=O) groups excluding carboxylic acids is 2. The molecule has 0 aromatic heterocycles. The molecule has 2 unspecified atom stereocenters. The molecule has 8 nitrogen and oxygen atoms in total. The summed E-state index contributed by atoms with van der Waals surface area (Å²) >= 11 is 2.95. The van der Waals surface area contributed by atoms with Gasteiger partial charge in [0.25, 0.3) is 11.8 Å². The molecule has 0 fully saturated rings. The molecule has 2 atom stereocenters. The molecule has 0 aliphatic heterocycles. The van der Waals surface area contributed by atoms with Crippen LogP contribution in [0.25, 0.3) is 0 Å². The minimum atomic E-state index is -1.13. The number of carboxylic acid groups (broad SMARTS) is 2. The summed E-state index contributed by atoms with van der Waals surface area (Å²) in [5.74, 6) is -2.33. The first-order valence-corrected chi connectivity index (χ1v) is 11.2. The predicted octanol–water partition coefficient (Wildman–Crippen LogP) is 1.56. The van der Waals surface area contributed by atoms with Crippen LogP contribution < -0.4 is 10.6 Å². The molecule has 154 valence electrons. The lowest BCUT2D eigenvalue weighted by atomic mass is 10.1. The number of benzene rings is 1. The average molecular weight is 429 g/mol. The van der Waals surface area contributed by atoms with E-state index in [0.29, 0.717) is 11.5 Å². The van der Waals surface area contributed by atoms with Gasteiger partial charge in [-0.3, -0.25) is 9.59 Å². The largest absolute Gasteiger partial charge is 0.480 e. The standard InChI is InChI=1S/C18H24N2O6S2/c1-27-8-6-13(17(23)24)19-15(21)11-4-3-5-12(10-11)16(22)20-14(18(25)26)7-9-28-2/h3-5,10,13-14H,6-9H2,1-2H3,(H,19,21)(H,20,22)(H,23,24)(H,25,26). The SMILES string of the molecule is CSCCC(NC(=O)c1cccc(C(=O)NC(CCSC)C(=O)O)c1)C(=O)O. The second-order valence-electron chi connectivity index (χ2n) is 5.87. The second kappa shape index (κ2) is 12.3. The topological polar surface area (TPSA) is 133 Å². The van der Waals surface area contributed by atoms with Crippen LogP contribution in [0.2, 0.25) is 0 Å². The van der Waals surface area contributed by atoms with Crippen LogP contribution in [0, 0.1) is 0 Å². The van der Waals surface area contributed by atoms with Crippen LogP contribution >= 0.6 is 23.5 Å². The second-order valence-corrected chi connectivity index (χ2v) is 7.84. The van der Waals surface area contributed by atoms with E-state index >= 15 is 0 Å². The molecule has 28 heavy (non-hydrogen) atoms. The number of carboxylic acids is 2. The Bertz CT molecular complexity index is 658. The summed E-state index contributed by atoms with van der Waals surface area (Å²) in [4.78, 5) is 47.3. The number of amides is 2. The highest BCUT2D eigenvalue weighted by atomic mass is 32.2. The summed E-state index contributed by atoms with van der Waals surface area (Å²) in [7, 11) is 0. The third kappa shape index (κ3) is 7.81. The van der Waals surface area contributed by atoms with E-state index in [0.717, 1.165) is 0 Å². The van der Waals surface area contributed by atoms with Crippen molar-refractivity contribution in [1.29, 1.82) is 0 Å². The summed E-state index contributed by atoms with van der Waals surface area (Å²) in [6, 6.07) is 3.66. The van der Waals surface area contributed by atoms with E-state index in [1.807, 2.05) is 12.5 Å². The highest BCUT2D eigenvalue weighted by Crippen LogP contribution is 2.09. The monoisotopic (exact) mass is 428 g/mol. The number of carbonyl (C=O) groups is 4. The van der Waals surface area contributed by atoms with Crippen LogP contribution in [0.5, 0.6) is 0 Å². The molecule has 1 aromatic rings. The molecule has 0 heterocycles. The normalized spacial score (nSPS) is 12.6. The highest BCUT2D eigenvalue weighted by molar-refractivity contribution is 7.98. The minimum absolute atomic E-state index is 0.124. The Hall–Kier alpha value is -2.20. The van der Waals surface area contributed by atoms with E-state index in [1.165, 1.54) is 47.8 Å². The maximum absolute atomic E-state index is 12.4. The fourth-order valence-corrected chi connectivity index (χ4v) is 3.21. The van der Waals surface area contributed by atoms with E-state index < -0.39 is 35.8 Å². The summed E-state index contributed by atoms with van der Waals surface area (Å²) < 4.78 is 0. The summed E-state index contributed by atoms with van der Waals surface area (Å²) in [5, 5.41) is 23.3. The number of thioether (sulfide) groups is 2. The molecule has 4 N–H and O–H groups in total. The smallest absolute Gasteiger partial charge is 0.326 e. The van der Waals surface area contributed by atoms with Crippen molar-refractivity contribution in [3.63, 3.8) is 0 Å². The van der Waals surface area contributed by atoms with Crippen molar-refractivity contribution < 1.29 is 29.4 Å². The number of rotatable bonds is 12. The van der Waals surface area contributed by atoms with E-state index in [4.69, 9.17) is 0 Å². The highest BCUT2D eigenvalue weighted by Gasteiger charge is 2.22. The van der Waals surface area contributed by atoms with Gasteiger partial charge in [-0.15, -0.1) is 0 Å². The van der Waals surface area contributed by atoms with Gasteiger partial charge in [0.1, 0.15) is 12.1 Å². The van der Waals surface area contributed by atoms with Crippen LogP contribution in [0.15, 0.2) is 24.3 Å². The number of aliphatic carboxylic acids is 2. The molecule has 0 saturated carbocycles. The molecule has 0 aliphatic carbocycles. The van der Waals surface area contributed by atoms with Gasteiger partial charge in [0.05, 0.1) is 0 Å². The van der Waals surface area contributed by atoms with Crippen molar-refractivity contribution in [3.8, 4) is 0 Å². The van der Waals surface area contributed by atoms with Crippen LogP contribution in [-0.2, 0) is 9.59 Å². The Morgan fingerprint density at radius 1 is 0.857 bits per heavy atom. The van der Waals surface area contributed by atoms with Gasteiger partial charge in [-0.1, -0.05) is 6.07 Å². The number of hydrogen-bond donors (Lipinski definition) is 4. The van der Waals surface area contributed by atoms with Crippen molar-refractivity contribution in [2.24, 2.45) is 0 Å². The van der Waals surface area contributed by atoms with Gasteiger partial charge in [-0.05, 0) is 55.1 Å². The zero-order valence-corrected chi connectivity index (χ0v) is 17.3.